The van der Waals surface area contributed by atoms with Crippen LogP contribution in [-0.2, 0) is 11.3 Å². The van der Waals surface area contributed by atoms with Gasteiger partial charge in [0.05, 0.1) is 12.6 Å². The van der Waals surface area contributed by atoms with Gasteiger partial charge >= 0.3 is 0 Å². The molecular formula is C19H22ClNO2. The maximum atomic E-state index is 12.5. The number of carbonyl (C=O) groups excluding carboxylic acids is 1. The standard InChI is InChI=1S/C19H22ClNO2/c1-13(2)18(15-8-10-17(20)11-9-15)21-19(22)16-6-4-14(5-7-16)12-23-3/h4-11,13,18H,12H2,1-3H3,(H,21,22). The van der Waals surface area contributed by atoms with Gasteiger partial charge in [-0.25, -0.2) is 0 Å². The maximum absolute atomic E-state index is 12.5. The first-order valence-electron chi connectivity index (χ1n) is 7.65. The summed E-state index contributed by atoms with van der Waals surface area (Å²) in [5.74, 6) is 0.190. The van der Waals surface area contributed by atoms with Gasteiger partial charge in [0.2, 0.25) is 0 Å². The first-order valence-corrected chi connectivity index (χ1v) is 8.03. The molecule has 2 rings (SSSR count). The van der Waals surface area contributed by atoms with E-state index in [4.69, 9.17) is 16.3 Å². The monoisotopic (exact) mass is 331 g/mol. The van der Waals surface area contributed by atoms with Crippen LogP contribution in [-0.4, -0.2) is 13.0 Å². The molecule has 0 aliphatic rings. The lowest BCUT2D eigenvalue weighted by molar-refractivity contribution is 0.0925. The van der Waals surface area contributed by atoms with Gasteiger partial charge < -0.3 is 10.1 Å². The fraction of sp³-hybridized carbons (Fsp3) is 0.316. The van der Waals surface area contributed by atoms with Crippen molar-refractivity contribution < 1.29 is 9.53 Å². The summed E-state index contributed by atoms with van der Waals surface area (Å²) in [5.41, 5.74) is 2.74. The topological polar surface area (TPSA) is 38.3 Å². The van der Waals surface area contributed by atoms with E-state index in [1.165, 1.54) is 0 Å². The summed E-state index contributed by atoms with van der Waals surface area (Å²) in [7, 11) is 1.65. The second-order valence-electron chi connectivity index (χ2n) is 5.88. The first kappa shape index (κ1) is 17.5. The third-order valence-electron chi connectivity index (χ3n) is 3.71. The third-order valence-corrected chi connectivity index (χ3v) is 3.96. The van der Waals surface area contributed by atoms with Crippen LogP contribution < -0.4 is 5.32 Å². The highest BCUT2D eigenvalue weighted by Gasteiger charge is 2.19. The smallest absolute Gasteiger partial charge is 0.251 e. The van der Waals surface area contributed by atoms with Crippen LogP contribution in [0.2, 0.25) is 5.02 Å². The lowest BCUT2D eigenvalue weighted by Crippen LogP contribution is -2.31. The molecular weight excluding hydrogens is 310 g/mol. The quantitative estimate of drug-likeness (QED) is 0.839. The Balaban J connectivity index is 2.13. The Labute approximate surface area is 142 Å². The van der Waals surface area contributed by atoms with Gasteiger partial charge in [0, 0.05) is 17.7 Å². The van der Waals surface area contributed by atoms with E-state index in [0.717, 1.165) is 11.1 Å². The largest absolute Gasteiger partial charge is 0.380 e. The lowest BCUT2D eigenvalue weighted by Gasteiger charge is -2.23. The SMILES string of the molecule is COCc1ccc(C(=O)NC(c2ccc(Cl)cc2)C(C)C)cc1. The molecule has 1 atom stereocenters. The normalized spacial score (nSPS) is 12.2. The van der Waals surface area contributed by atoms with Crippen molar-refractivity contribution in [3.05, 3.63) is 70.2 Å². The van der Waals surface area contributed by atoms with E-state index in [2.05, 4.69) is 19.2 Å². The van der Waals surface area contributed by atoms with Gasteiger partial charge in [0.25, 0.3) is 5.91 Å². The Hall–Kier alpha value is -1.84. The van der Waals surface area contributed by atoms with Crippen molar-refractivity contribution in [2.75, 3.05) is 7.11 Å². The number of nitrogens with one attached hydrogen (secondary N) is 1. The highest BCUT2D eigenvalue weighted by Crippen LogP contribution is 2.23. The van der Waals surface area contributed by atoms with E-state index in [-0.39, 0.29) is 17.9 Å². The molecule has 122 valence electrons. The third kappa shape index (κ3) is 4.81. The van der Waals surface area contributed by atoms with E-state index in [9.17, 15) is 4.79 Å². The van der Waals surface area contributed by atoms with Crippen molar-refractivity contribution >= 4 is 17.5 Å². The van der Waals surface area contributed by atoms with Gasteiger partial charge in [0.15, 0.2) is 0 Å². The van der Waals surface area contributed by atoms with Gasteiger partial charge in [0.1, 0.15) is 0 Å². The molecule has 1 amide bonds. The van der Waals surface area contributed by atoms with Crippen LogP contribution in [0.4, 0.5) is 0 Å². The minimum absolute atomic E-state index is 0.0570. The van der Waals surface area contributed by atoms with E-state index in [0.29, 0.717) is 17.2 Å². The zero-order valence-corrected chi connectivity index (χ0v) is 14.4. The fourth-order valence-corrected chi connectivity index (χ4v) is 2.57. The molecule has 0 bridgehead atoms. The predicted octanol–water partition coefficient (Wildman–Crippen LogP) is 4.61. The predicted molar refractivity (Wildman–Crippen MR) is 93.7 cm³/mol. The van der Waals surface area contributed by atoms with Crippen LogP contribution >= 0.6 is 11.6 Å². The van der Waals surface area contributed by atoms with Crippen LogP contribution in [0.1, 0.15) is 41.4 Å². The zero-order chi connectivity index (χ0) is 16.8. The summed E-state index contributed by atoms with van der Waals surface area (Å²) in [4.78, 5) is 12.5. The average Bonchev–Trinajstić information content (AvgIpc) is 2.54. The Bertz CT molecular complexity index is 635. The van der Waals surface area contributed by atoms with E-state index in [1.807, 2.05) is 48.5 Å². The van der Waals surface area contributed by atoms with Crippen molar-refractivity contribution in [2.24, 2.45) is 5.92 Å². The minimum atomic E-state index is -0.0809. The van der Waals surface area contributed by atoms with E-state index in [1.54, 1.807) is 7.11 Å². The van der Waals surface area contributed by atoms with Gasteiger partial charge in [-0.2, -0.15) is 0 Å². The minimum Gasteiger partial charge on any atom is -0.380 e. The highest BCUT2D eigenvalue weighted by atomic mass is 35.5. The molecule has 23 heavy (non-hydrogen) atoms. The molecule has 0 fully saturated rings. The molecule has 4 heteroatoms. The maximum Gasteiger partial charge on any atom is 0.251 e. The highest BCUT2D eigenvalue weighted by molar-refractivity contribution is 6.30. The molecule has 2 aromatic rings. The molecule has 0 spiro atoms. The molecule has 0 saturated carbocycles. The molecule has 0 aromatic heterocycles. The number of ether oxygens (including phenoxy) is 1. The Morgan fingerprint density at radius 2 is 1.70 bits per heavy atom. The molecule has 0 aliphatic carbocycles. The van der Waals surface area contributed by atoms with Gasteiger partial charge in [-0.1, -0.05) is 49.7 Å². The van der Waals surface area contributed by atoms with Gasteiger partial charge in [-0.3, -0.25) is 4.79 Å². The van der Waals surface area contributed by atoms with E-state index >= 15 is 0 Å². The van der Waals surface area contributed by atoms with Crippen LogP contribution in [0.5, 0.6) is 0 Å². The van der Waals surface area contributed by atoms with Gasteiger partial charge in [-0.05, 0) is 41.3 Å². The van der Waals surface area contributed by atoms with Crippen LogP contribution in [0.3, 0.4) is 0 Å². The summed E-state index contributed by atoms with van der Waals surface area (Å²) in [5, 5.41) is 3.80. The number of amides is 1. The molecule has 3 nitrogen and oxygen atoms in total. The Morgan fingerprint density at radius 3 is 2.22 bits per heavy atom. The number of hydrogen-bond acceptors (Lipinski definition) is 2. The number of methoxy groups -OCH3 is 1. The number of halogens is 1. The van der Waals surface area contributed by atoms with Crippen molar-refractivity contribution in [2.45, 2.75) is 26.5 Å². The number of rotatable bonds is 6. The fourth-order valence-electron chi connectivity index (χ4n) is 2.45. The zero-order valence-electron chi connectivity index (χ0n) is 13.7. The van der Waals surface area contributed by atoms with Crippen LogP contribution in [0.15, 0.2) is 48.5 Å². The summed E-state index contributed by atoms with van der Waals surface area (Å²) >= 11 is 5.94. The summed E-state index contributed by atoms with van der Waals surface area (Å²) in [6, 6.07) is 15.0. The number of benzene rings is 2. The Kier molecular flexibility index (Phi) is 6.20. The lowest BCUT2D eigenvalue weighted by atomic mass is 9.95. The second kappa shape index (κ2) is 8.14. The number of hydrogen-bond donors (Lipinski definition) is 1. The van der Waals surface area contributed by atoms with Crippen LogP contribution in [0, 0.1) is 5.92 Å². The summed E-state index contributed by atoms with van der Waals surface area (Å²) in [6.45, 7) is 4.71. The van der Waals surface area contributed by atoms with E-state index < -0.39 is 0 Å². The van der Waals surface area contributed by atoms with Crippen LogP contribution in [0.25, 0.3) is 0 Å². The number of carbonyl (C=O) groups is 1. The molecule has 0 aliphatic heterocycles. The van der Waals surface area contributed by atoms with Crippen molar-refractivity contribution in [1.29, 1.82) is 0 Å². The van der Waals surface area contributed by atoms with Crippen molar-refractivity contribution in [1.82, 2.24) is 5.32 Å². The second-order valence-corrected chi connectivity index (χ2v) is 6.31. The molecule has 1 N–H and O–H groups in total. The molecule has 2 aromatic carbocycles. The first-order chi connectivity index (χ1) is 11.0. The van der Waals surface area contributed by atoms with Crippen molar-refractivity contribution in [3.8, 4) is 0 Å². The Morgan fingerprint density at radius 1 is 1.09 bits per heavy atom. The average molecular weight is 332 g/mol. The molecule has 0 saturated heterocycles. The molecule has 1 unspecified atom stereocenters. The summed E-state index contributed by atoms with van der Waals surface area (Å²) in [6.07, 6.45) is 0. The molecule has 0 heterocycles. The van der Waals surface area contributed by atoms with Gasteiger partial charge in [-0.15, -0.1) is 0 Å². The summed E-state index contributed by atoms with van der Waals surface area (Å²) < 4.78 is 5.08. The van der Waals surface area contributed by atoms with Crippen molar-refractivity contribution in [3.63, 3.8) is 0 Å². The molecule has 0 radical (unpaired) electrons.